The highest BCUT2D eigenvalue weighted by molar-refractivity contribution is 6.31. The highest BCUT2D eigenvalue weighted by Gasteiger charge is 2.13. The van der Waals surface area contributed by atoms with Crippen LogP contribution in [0, 0.1) is 5.92 Å². The lowest BCUT2D eigenvalue weighted by molar-refractivity contribution is 0.488. The zero-order chi connectivity index (χ0) is 13.8. The van der Waals surface area contributed by atoms with Gasteiger partial charge in [-0.3, -0.25) is 0 Å². The topological polar surface area (TPSA) is 43.8 Å². The van der Waals surface area contributed by atoms with Gasteiger partial charge in [-0.15, -0.1) is 0 Å². The predicted molar refractivity (Wildman–Crippen MR) is 79.2 cm³/mol. The summed E-state index contributed by atoms with van der Waals surface area (Å²) in [5.41, 5.74) is 8.39. The normalized spacial score (nSPS) is 12.9. The Bertz CT molecular complexity index is 534. The Hall–Kier alpha value is -1.32. The lowest BCUT2D eigenvalue weighted by Gasteiger charge is -2.17. The van der Waals surface area contributed by atoms with Crippen molar-refractivity contribution in [1.29, 1.82) is 0 Å². The number of rotatable bonds is 5. The Labute approximate surface area is 119 Å². The van der Waals surface area contributed by atoms with E-state index in [1.54, 1.807) is 0 Å². The lowest BCUT2D eigenvalue weighted by Crippen LogP contribution is -2.17. The van der Waals surface area contributed by atoms with Crippen molar-refractivity contribution in [2.75, 3.05) is 0 Å². The van der Waals surface area contributed by atoms with Crippen molar-refractivity contribution in [2.24, 2.45) is 11.7 Å². The van der Waals surface area contributed by atoms with E-state index in [2.05, 4.69) is 23.4 Å². The number of halogens is 1. The number of nitrogens with two attached hydrogens (primary N) is 1. The first-order chi connectivity index (χ1) is 9.08. The molecule has 0 bridgehead atoms. The summed E-state index contributed by atoms with van der Waals surface area (Å²) in [6.07, 6.45) is 4.62. The van der Waals surface area contributed by atoms with Crippen LogP contribution in [0.4, 0.5) is 0 Å². The fourth-order valence-corrected chi connectivity index (χ4v) is 2.41. The van der Waals surface area contributed by atoms with E-state index >= 15 is 0 Å². The zero-order valence-electron chi connectivity index (χ0n) is 11.4. The fourth-order valence-electron chi connectivity index (χ4n) is 2.21. The van der Waals surface area contributed by atoms with Gasteiger partial charge in [0.25, 0.3) is 0 Å². The van der Waals surface area contributed by atoms with Gasteiger partial charge in [0, 0.05) is 17.3 Å². The first-order valence-corrected chi connectivity index (χ1v) is 6.94. The minimum absolute atomic E-state index is 0.0185. The Balaban J connectivity index is 2.18. The molecular weight excluding hydrogens is 258 g/mol. The van der Waals surface area contributed by atoms with Crippen molar-refractivity contribution in [1.82, 2.24) is 9.55 Å². The standard InChI is InChI=1S/C15H20ClN3/c1-11(2)7-14(17)15-8-18-10-19(15)9-12-5-3-4-6-13(12)16/h3-6,8,10-11,14H,7,9,17H2,1-2H3. The Morgan fingerprint density at radius 3 is 2.74 bits per heavy atom. The second-order valence-electron chi connectivity index (χ2n) is 5.27. The van der Waals surface area contributed by atoms with Crippen molar-refractivity contribution in [3.8, 4) is 0 Å². The summed E-state index contributed by atoms with van der Waals surface area (Å²) in [6.45, 7) is 5.06. The molecule has 0 saturated heterocycles. The lowest BCUT2D eigenvalue weighted by atomic mass is 10.0. The third-order valence-electron chi connectivity index (χ3n) is 3.15. The molecule has 2 N–H and O–H groups in total. The van der Waals surface area contributed by atoms with Gasteiger partial charge in [-0.1, -0.05) is 43.6 Å². The summed E-state index contributed by atoms with van der Waals surface area (Å²) in [7, 11) is 0. The third kappa shape index (κ3) is 3.58. The minimum atomic E-state index is 0.0185. The molecule has 0 fully saturated rings. The van der Waals surface area contributed by atoms with Gasteiger partial charge in [0.1, 0.15) is 0 Å². The van der Waals surface area contributed by atoms with Crippen LogP contribution in [0.15, 0.2) is 36.8 Å². The SMILES string of the molecule is CC(C)CC(N)c1cncn1Cc1ccccc1Cl. The third-order valence-corrected chi connectivity index (χ3v) is 3.52. The summed E-state index contributed by atoms with van der Waals surface area (Å²) in [6, 6.07) is 7.88. The van der Waals surface area contributed by atoms with Gasteiger partial charge in [0.05, 0.1) is 18.6 Å². The highest BCUT2D eigenvalue weighted by Crippen LogP contribution is 2.21. The number of hydrogen-bond donors (Lipinski definition) is 1. The van der Waals surface area contributed by atoms with Crippen LogP contribution in [0.5, 0.6) is 0 Å². The molecule has 0 aliphatic heterocycles. The number of aromatic nitrogens is 2. The van der Waals surface area contributed by atoms with E-state index in [0.29, 0.717) is 12.5 Å². The molecular formula is C15H20ClN3. The monoisotopic (exact) mass is 277 g/mol. The molecule has 1 aromatic heterocycles. The number of benzene rings is 1. The molecule has 0 radical (unpaired) electrons. The summed E-state index contributed by atoms with van der Waals surface area (Å²) >= 11 is 6.19. The molecule has 19 heavy (non-hydrogen) atoms. The quantitative estimate of drug-likeness (QED) is 0.907. The molecule has 3 nitrogen and oxygen atoms in total. The Morgan fingerprint density at radius 2 is 2.05 bits per heavy atom. The van der Waals surface area contributed by atoms with Gasteiger partial charge >= 0.3 is 0 Å². The maximum Gasteiger partial charge on any atom is 0.0951 e. The van der Waals surface area contributed by atoms with Crippen LogP contribution in [0.1, 0.15) is 37.6 Å². The Morgan fingerprint density at radius 1 is 1.32 bits per heavy atom. The van der Waals surface area contributed by atoms with E-state index in [1.165, 1.54) is 0 Å². The second kappa shape index (κ2) is 6.22. The van der Waals surface area contributed by atoms with Gasteiger partial charge in [0.2, 0.25) is 0 Å². The van der Waals surface area contributed by atoms with Crippen molar-refractivity contribution in [2.45, 2.75) is 32.9 Å². The maximum atomic E-state index is 6.24. The van der Waals surface area contributed by atoms with E-state index in [-0.39, 0.29) is 6.04 Å². The van der Waals surface area contributed by atoms with Crippen molar-refractivity contribution in [3.63, 3.8) is 0 Å². The summed E-state index contributed by atoms with van der Waals surface area (Å²) < 4.78 is 2.08. The maximum absolute atomic E-state index is 6.24. The van der Waals surface area contributed by atoms with E-state index in [4.69, 9.17) is 17.3 Å². The molecule has 0 aliphatic rings. The van der Waals surface area contributed by atoms with Crippen LogP contribution in [0.3, 0.4) is 0 Å². The largest absolute Gasteiger partial charge is 0.329 e. The molecule has 0 saturated carbocycles. The summed E-state index contributed by atoms with van der Waals surface area (Å²) in [5.74, 6) is 0.568. The molecule has 2 aromatic rings. The van der Waals surface area contributed by atoms with E-state index in [9.17, 15) is 0 Å². The molecule has 0 amide bonds. The van der Waals surface area contributed by atoms with Crippen LogP contribution in [0.2, 0.25) is 5.02 Å². The fraction of sp³-hybridized carbons (Fsp3) is 0.400. The average Bonchev–Trinajstić information content (AvgIpc) is 2.79. The summed E-state index contributed by atoms with van der Waals surface area (Å²) in [5, 5.41) is 0.777. The molecule has 1 unspecified atom stereocenters. The van der Waals surface area contributed by atoms with E-state index in [0.717, 1.165) is 22.7 Å². The van der Waals surface area contributed by atoms with Crippen molar-refractivity contribution in [3.05, 3.63) is 53.1 Å². The smallest absolute Gasteiger partial charge is 0.0951 e. The Kier molecular flexibility index (Phi) is 4.61. The van der Waals surface area contributed by atoms with Gasteiger partial charge in [-0.2, -0.15) is 0 Å². The first-order valence-electron chi connectivity index (χ1n) is 6.57. The molecule has 1 atom stereocenters. The molecule has 4 heteroatoms. The number of imidazole rings is 1. The first kappa shape index (κ1) is 14.1. The van der Waals surface area contributed by atoms with Gasteiger partial charge < -0.3 is 10.3 Å². The van der Waals surface area contributed by atoms with Gasteiger partial charge in [-0.05, 0) is 24.0 Å². The van der Waals surface area contributed by atoms with Crippen LogP contribution < -0.4 is 5.73 Å². The van der Waals surface area contributed by atoms with Crippen LogP contribution in [-0.4, -0.2) is 9.55 Å². The van der Waals surface area contributed by atoms with Crippen LogP contribution in [0.25, 0.3) is 0 Å². The van der Waals surface area contributed by atoms with E-state index < -0.39 is 0 Å². The molecule has 102 valence electrons. The minimum Gasteiger partial charge on any atom is -0.329 e. The van der Waals surface area contributed by atoms with Crippen LogP contribution >= 0.6 is 11.6 Å². The second-order valence-corrected chi connectivity index (χ2v) is 5.68. The zero-order valence-corrected chi connectivity index (χ0v) is 12.1. The average molecular weight is 278 g/mol. The van der Waals surface area contributed by atoms with Crippen LogP contribution in [-0.2, 0) is 6.54 Å². The number of nitrogens with zero attached hydrogens (tertiary/aromatic N) is 2. The number of hydrogen-bond acceptors (Lipinski definition) is 2. The van der Waals surface area contributed by atoms with Gasteiger partial charge in [0.15, 0.2) is 0 Å². The molecule has 2 rings (SSSR count). The van der Waals surface area contributed by atoms with Gasteiger partial charge in [-0.25, -0.2) is 4.98 Å². The molecule has 1 heterocycles. The van der Waals surface area contributed by atoms with E-state index in [1.807, 2.05) is 36.8 Å². The predicted octanol–water partition coefficient (Wildman–Crippen LogP) is 3.63. The molecule has 1 aromatic carbocycles. The molecule has 0 spiro atoms. The highest BCUT2D eigenvalue weighted by atomic mass is 35.5. The van der Waals surface area contributed by atoms with Crippen molar-refractivity contribution < 1.29 is 0 Å². The summed E-state index contributed by atoms with van der Waals surface area (Å²) in [4.78, 5) is 4.22. The van der Waals surface area contributed by atoms with Crippen molar-refractivity contribution >= 4 is 11.6 Å². The molecule has 0 aliphatic carbocycles.